The van der Waals surface area contributed by atoms with E-state index in [2.05, 4.69) is 40.3 Å². The minimum absolute atomic E-state index is 0.0763. The van der Waals surface area contributed by atoms with Gasteiger partial charge in [0, 0.05) is 22.5 Å². The van der Waals surface area contributed by atoms with Crippen molar-refractivity contribution in [2.45, 2.75) is 19.3 Å². The number of nitrogens with one attached hydrogen (secondary N) is 1. The third-order valence-electron chi connectivity index (χ3n) is 3.91. The Balaban J connectivity index is 2.05. The van der Waals surface area contributed by atoms with Crippen LogP contribution in [0.2, 0.25) is 0 Å². The lowest BCUT2D eigenvalue weighted by Crippen LogP contribution is -2.30. The lowest BCUT2D eigenvalue weighted by Gasteiger charge is -2.27. The van der Waals surface area contributed by atoms with Crippen LogP contribution in [0.25, 0.3) is 5.70 Å². The number of amides is 1. The van der Waals surface area contributed by atoms with E-state index in [1.165, 1.54) is 11.1 Å². The summed E-state index contributed by atoms with van der Waals surface area (Å²) in [6.07, 6.45) is 0.510. The van der Waals surface area contributed by atoms with Gasteiger partial charge in [0.05, 0.1) is 0 Å². The van der Waals surface area contributed by atoms with Gasteiger partial charge in [0.15, 0.2) is 0 Å². The molecule has 106 valence electrons. The number of benzene rings is 2. The largest absolute Gasteiger partial charge is 0.326 e. The fraction of sp³-hybridized carbons (Fsp3) is 0.167. The monoisotopic (exact) mass is 341 g/mol. The van der Waals surface area contributed by atoms with Crippen LogP contribution in [0.1, 0.15) is 30.4 Å². The van der Waals surface area contributed by atoms with Crippen molar-refractivity contribution in [3.8, 4) is 0 Å². The van der Waals surface area contributed by atoms with Gasteiger partial charge in [0.1, 0.15) is 0 Å². The second-order valence-electron chi connectivity index (χ2n) is 5.28. The summed E-state index contributed by atoms with van der Waals surface area (Å²) in [4.78, 5) is 12.1. The standard InChI is InChI=1S/C18H16BrNO/c1-12-16(13-5-3-2-4-6-13)11-17(21)20-18(12)14-7-9-15(19)10-8-14/h2-10,16H,11H2,1H3,(H,20,21). The maximum atomic E-state index is 12.1. The van der Waals surface area contributed by atoms with Gasteiger partial charge in [-0.3, -0.25) is 4.79 Å². The molecule has 0 saturated heterocycles. The van der Waals surface area contributed by atoms with Gasteiger partial charge < -0.3 is 5.32 Å². The first-order valence-corrected chi connectivity index (χ1v) is 7.76. The minimum atomic E-state index is 0.0763. The van der Waals surface area contributed by atoms with Crippen LogP contribution in [0.4, 0.5) is 0 Å². The fourth-order valence-corrected chi connectivity index (χ4v) is 3.04. The molecule has 0 bridgehead atoms. The van der Waals surface area contributed by atoms with E-state index < -0.39 is 0 Å². The normalized spacial score (nSPS) is 18.6. The predicted molar refractivity (Wildman–Crippen MR) is 88.7 cm³/mol. The Morgan fingerprint density at radius 1 is 1.05 bits per heavy atom. The Hall–Kier alpha value is -1.87. The van der Waals surface area contributed by atoms with E-state index in [4.69, 9.17) is 0 Å². The molecule has 0 fully saturated rings. The molecule has 0 spiro atoms. The van der Waals surface area contributed by atoms with Crippen molar-refractivity contribution in [3.05, 3.63) is 75.8 Å². The first kappa shape index (κ1) is 14.1. The van der Waals surface area contributed by atoms with Crippen molar-refractivity contribution in [2.75, 3.05) is 0 Å². The molecule has 1 aliphatic heterocycles. The summed E-state index contributed by atoms with van der Waals surface area (Å²) < 4.78 is 1.03. The molecule has 1 N–H and O–H groups in total. The number of hydrogen-bond acceptors (Lipinski definition) is 1. The molecule has 21 heavy (non-hydrogen) atoms. The summed E-state index contributed by atoms with van der Waals surface area (Å²) in [5, 5.41) is 3.03. The Morgan fingerprint density at radius 2 is 1.71 bits per heavy atom. The molecule has 0 aliphatic carbocycles. The Morgan fingerprint density at radius 3 is 2.38 bits per heavy atom. The smallest absolute Gasteiger partial charge is 0.225 e. The molecule has 2 nitrogen and oxygen atoms in total. The number of rotatable bonds is 2. The van der Waals surface area contributed by atoms with Crippen LogP contribution in [-0.2, 0) is 4.79 Å². The Kier molecular flexibility index (Phi) is 3.93. The van der Waals surface area contributed by atoms with E-state index in [9.17, 15) is 4.79 Å². The lowest BCUT2D eigenvalue weighted by atomic mass is 9.84. The fourth-order valence-electron chi connectivity index (χ4n) is 2.77. The maximum absolute atomic E-state index is 12.1. The molecule has 3 heteroatoms. The predicted octanol–water partition coefficient (Wildman–Crippen LogP) is 4.48. The zero-order chi connectivity index (χ0) is 14.8. The van der Waals surface area contributed by atoms with Crippen molar-refractivity contribution < 1.29 is 4.79 Å². The van der Waals surface area contributed by atoms with Crippen LogP contribution in [0, 0.1) is 0 Å². The molecule has 3 rings (SSSR count). The summed E-state index contributed by atoms with van der Waals surface area (Å²) in [5.41, 5.74) is 4.39. The summed E-state index contributed by atoms with van der Waals surface area (Å²) in [7, 11) is 0. The van der Waals surface area contributed by atoms with Gasteiger partial charge in [0.2, 0.25) is 5.91 Å². The van der Waals surface area contributed by atoms with E-state index >= 15 is 0 Å². The highest BCUT2D eigenvalue weighted by Gasteiger charge is 2.26. The van der Waals surface area contributed by atoms with Crippen molar-refractivity contribution in [3.63, 3.8) is 0 Å². The zero-order valence-electron chi connectivity index (χ0n) is 11.8. The van der Waals surface area contributed by atoms with Gasteiger partial charge >= 0.3 is 0 Å². The number of carbonyl (C=O) groups is 1. The first-order valence-electron chi connectivity index (χ1n) is 6.96. The highest BCUT2D eigenvalue weighted by Crippen LogP contribution is 2.35. The summed E-state index contributed by atoms with van der Waals surface area (Å²) in [6.45, 7) is 2.11. The molecule has 1 atom stereocenters. The van der Waals surface area contributed by atoms with E-state index in [1.807, 2.05) is 42.5 Å². The number of carbonyl (C=O) groups excluding carboxylic acids is 1. The third-order valence-corrected chi connectivity index (χ3v) is 4.43. The van der Waals surface area contributed by atoms with Crippen LogP contribution < -0.4 is 5.32 Å². The Labute approximate surface area is 133 Å². The first-order chi connectivity index (χ1) is 10.1. The molecule has 1 amide bonds. The van der Waals surface area contributed by atoms with Gasteiger partial charge in [-0.2, -0.15) is 0 Å². The highest BCUT2D eigenvalue weighted by molar-refractivity contribution is 9.10. The quantitative estimate of drug-likeness (QED) is 0.856. The number of hydrogen-bond donors (Lipinski definition) is 1. The zero-order valence-corrected chi connectivity index (χ0v) is 13.4. The average molecular weight is 342 g/mol. The van der Waals surface area contributed by atoms with E-state index in [0.29, 0.717) is 6.42 Å². The second-order valence-corrected chi connectivity index (χ2v) is 6.20. The van der Waals surface area contributed by atoms with Gasteiger partial charge in [-0.1, -0.05) is 58.4 Å². The molecule has 0 aromatic heterocycles. The summed E-state index contributed by atoms with van der Waals surface area (Å²) in [5.74, 6) is 0.228. The van der Waals surface area contributed by atoms with Crippen molar-refractivity contribution in [1.82, 2.24) is 5.32 Å². The average Bonchev–Trinajstić information content (AvgIpc) is 2.51. The summed E-state index contributed by atoms with van der Waals surface area (Å²) >= 11 is 3.44. The van der Waals surface area contributed by atoms with E-state index in [0.717, 1.165) is 15.7 Å². The number of allylic oxidation sites excluding steroid dienone is 1. The van der Waals surface area contributed by atoms with Gasteiger partial charge in [-0.05, 0) is 35.8 Å². The molecule has 0 radical (unpaired) electrons. The molecule has 1 unspecified atom stereocenters. The minimum Gasteiger partial charge on any atom is -0.326 e. The van der Waals surface area contributed by atoms with Crippen LogP contribution in [0.15, 0.2) is 64.6 Å². The van der Waals surface area contributed by atoms with Gasteiger partial charge in [0.25, 0.3) is 0 Å². The van der Waals surface area contributed by atoms with Crippen LogP contribution in [0.3, 0.4) is 0 Å². The third kappa shape index (κ3) is 2.93. The van der Waals surface area contributed by atoms with Crippen LogP contribution in [0.5, 0.6) is 0 Å². The number of halogens is 1. The molecule has 2 aromatic rings. The molecular formula is C18H16BrNO. The van der Waals surface area contributed by atoms with Gasteiger partial charge in [-0.15, -0.1) is 0 Å². The lowest BCUT2D eigenvalue weighted by molar-refractivity contribution is -0.120. The maximum Gasteiger partial charge on any atom is 0.225 e. The topological polar surface area (TPSA) is 29.1 Å². The van der Waals surface area contributed by atoms with Crippen LogP contribution >= 0.6 is 15.9 Å². The Bertz CT molecular complexity index is 689. The highest BCUT2D eigenvalue weighted by atomic mass is 79.9. The second kappa shape index (κ2) is 5.86. The summed E-state index contributed by atoms with van der Waals surface area (Å²) in [6, 6.07) is 18.3. The SMILES string of the molecule is CC1=C(c2ccc(Br)cc2)NC(=O)CC1c1ccccc1. The van der Waals surface area contributed by atoms with E-state index in [1.54, 1.807) is 0 Å². The van der Waals surface area contributed by atoms with Crippen LogP contribution in [-0.4, -0.2) is 5.91 Å². The molecule has 0 saturated carbocycles. The molecule has 2 aromatic carbocycles. The molecule has 1 heterocycles. The molecular weight excluding hydrogens is 326 g/mol. The molecule has 1 aliphatic rings. The van der Waals surface area contributed by atoms with E-state index in [-0.39, 0.29) is 11.8 Å². The van der Waals surface area contributed by atoms with Crippen molar-refractivity contribution >= 4 is 27.5 Å². The van der Waals surface area contributed by atoms with Crippen molar-refractivity contribution in [1.29, 1.82) is 0 Å². The van der Waals surface area contributed by atoms with Crippen molar-refractivity contribution in [2.24, 2.45) is 0 Å². The van der Waals surface area contributed by atoms with Gasteiger partial charge in [-0.25, -0.2) is 0 Å².